The van der Waals surface area contributed by atoms with Crippen LogP contribution in [0.25, 0.3) is 10.9 Å². The molecule has 2 heterocycles. The van der Waals surface area contributed by atoms with Gasteiger partial charge >= 0.3 is 0 Å². The zero-order valence-corrected chi connectivity index (χ0v) is 15.0. The summed E-state index contributed by atoms with van der Waals surface area (Å²) in [5.41, 5.74) is 1.48. The molecule has 2 aromatic carbocycles. The van der Waals surface area contributed by atoms with Gasteiger partial charge in [-0.2, -0.15) is 0 Å². The molecule has 1 unspecified atom stereocenters. The predicted octanol–water partition coefficient (Wildman–Crippen LogP) is 4.10. The lowest BCUT2D eigenvalue weighted by atomic mass is 9.96. The van der Waals surface area contributed by atoms with Crippen LogP contribution in [0, 0.1) is 5.82 Å². The molecule has 0 saturated carbocycles. The predicted molar refractivity (Wildman–Crippen MR) is 101 cm³/mol. The third kappa shape index (κ3) is 3.64. The van der Waals surface area contributed by atoms with Gasteiger partial charge in [-0.05, 0) is 55.3 Å². The molecule has 1 aliphatic rings. The average molecular weight is 372 g/mol. The first-order chi connectivity index (χ1) is 12.6. The molecule has 4 nitrogen and oxygen atoms in total. The van der Waals surface area contributed by atoms with E-state index in [9.17, 15) is 9.18 Å². The van der Waals surface area contributed by atoms with Crippen molar-refractivity contribution in [2.24, 2.45) is 0 Å². The normalized spacial score (nSPS) is 18.3. The van der Waals surface area contributed by atoms with Crippen molar-refractivity contribution in [1.82, 2.24) is 14.9 Å². The number of hydrogen-bond acceptors (Lipinski definition) is 3. The van der Waals surface area contributed by atoms with Gasteiger partial charge in [0.25, 0.3) is 5.56 Å². The Balaban J connectivity index is 1.55. The Kier molecular flexibility index (Phi) is 4.74. The number of nitrogens with one attached hydrogen (secondary N) is 1. The lowest BCUT2D eigenvalue weighted by molar-refractivity contribution is 0.196. The van der Waals surface area contributed by atoms with E-state index in [2.05, 4.69) is 14.9 Å². The number of halogens is 2. The van der Waals surface area contributed by atoms with Crippen LogP contribution in [0.5, 0.6) is 0 Å². The molecular formula is C20H19ClFN3O. The summed E-state index contributed by atoms with van der Waals surface area (Å²) in [7, 11) is 0. The number of aromatic amines is 1. The van der Waals surface area contributed by atoms with E-state index in [0.29, 0.717) is 16.7 Å². The summed E-state index contributed by atoms with van der Waals surface area (Å²) in [5.74, 6) is 0.428. The molecule has 1 atom stereocenters. The zero-order valence-electron chi connectivity index (χ0n) is 14.2. The van der Waals surface area contributed by atoms with Gasteiger partial charge in [-0.3, -0.25) is 9.69 Å². The molecule has 0 spiro atoms. The van der Waals surface area contributed by atoms with Crippen molar-refractivity contribution in [2.45, 2.75) is 25.3 Å². The molecule has 3 aromatic rings. The van der Waals surface area contributed by atoms with Crippen molar-refractivity contribution < 1.29 is 4.39 Å². The Morgan fingerprint density at radius 3 is 2.85 bits per heavy atom. The van der Waals surface area contributed by atoms with E-state index in [1.807, 2.05) is 24.3 Å². The number of nitrogens with zero attached hydrogens (tertiary/aromatic N) is 2. The third-order valence-electron chi connectivity index (χ3n) is 4.90. The maximum absolute atomic E-state index is 13.4. The fourth-order valence-electron chi connectivity index (χ4n) is 3.59. The van der Waals surface area contributed by atoms with Crippen LogP contribution in [0.4, 0.5) is 4.39 Å². The van der Waals surface area contributed by atoms with Crippen LogP contribution in [-0.2, 0) is 6.54 Å². The quantitative estimate of drug-likeness (QED) is 0.754. The summed E-state index contributed by atoms with van der Waals surface area (Å²) < 4.78 is 13.4. The highest BCUT2D eigenvalue weighted by Crippen LogP contribution is 2.26. The number of fused-ring (bicyclic) bond motifs is 1. The second kappa shape index (κ2) is 7.17. The van der Waals surface area contributed by atoms with Crippen LogP contribution in [0.3, 0.4) is 0 Å². The minimum Gasteiger partial charge on any atom is -0.310 e. The number of hydrogen-bond donors (Lipinski definition) is 1. The van der Waals surface area contributed by atoms with Gasteiger partial charge in [-0.25, -0.2) is 9.37 Å². The van der Waals surface area contributed by atoms with Gasteiger partial charge < -0.3 is 4.98 Å². The van der Waals surface area contributed by atoms with Gasteiger partial charge in [0.1, 0.15) is 11.6 Å². The largest absolute Gasteiger partial charge is 0.310 e. The Hall–Kier alpha value is -2.24. The van der Waals surface area contributed by atoms with Crippen LogP contribution in [-0.4, -0.2) is 28.0 Å². The average Bonchev–Trinajstić information content (AvgIpc) is 2.64. The lowest BCUT2D eigenvalue weighted by Gasteiger charge is -2.32. The maximum atomic E-state index is 13.4. The highest BCUT2D eigenvalue weighted by atomic mass is 35.5. The SMILES string of the molecule is O=c1[nH]c(C2CCCN(Cc3ccc(Cl)cc3)C2)nc2ccc(F)cc12. The molecule has 1 saturated heterocycles. The van der Waals surface area contributed by atoms with Crippen LogP contribution >= 0.6 is 11.6 Å². The number of benzene rings is 2. The smallest absolute Gasteiger partial charge is 0.258 e. The minimum atomic E-state index is -0.427. The van der Waals surface area contributed by atoms with Gasteiger partial charge in [-0.15, -0.1) is 0 Å². The standard InChI is InChI=1S/C20H19ClFN3O/c21-15-5-3-13(4-6-15)11-25-9-1-2-14(12-25)19-23-18-8-7-16(22)10-17(18)20(26)24-19/h3-8,10,14H,1-2,9,11-12H2,(H,23,24,26). The van der Waals surface area contributed by atoms with Crippen LogP contribution in [0.1, 0.15) is 30.1 Å². The van der Waals surface area contributed by atoms with E-state index in [0.717, 1.165) is 37.5 Å². The first kappa shape index (κ1) is 17.2. The zero-order chi connectivity index (χ0) is 18.1. The van der Waals surface area contributed by atoms with Crippen LogP contribution < -0.4 is 5.56 Å². The molecule has 4 rings (SSSR count). The van der Waals surface area contributed by atoms with E-state index < -0.39 is 5.82 Å². The Morgan fingerprint density at radius 1 is 1.23 bits per heavy atom. The van der Waals surface area contributed by atoms with E-state index in [1.165, 1.54) is 17.7 Å². The van der Waals surface area contributed by atoms with Gasteiger partial charge in [0.05, 0.1) is 10.9 Å². The second-order valence-corrected chi connectivity index (χ2v) is 7.25. The first-order valence-corrected chi connectivity index (χ1v) is 9.12. The molecule has 0 aliphatic carbocycles. The van der Waals surface area contributed by atoms with Crippen molar-refractivity contribution >= 4 is 22.5 Å². The first-order valence-electron chi connectivity index (χ1n) is 8.75. The summed E-state index contributed by atoms with van der Waals surface area (Å²) in [6.07, 6.45) is 2.02. The molecule has 1 fully saturated rings. The summed E-state index contributed by atoms with van der Waals surface area (Å²) >= 11 is 5.95. The number of rotatable bonds is 3. The Morgan fingerprint density at radius 2 is 2.04 bits per heavy atom. The van der Waals surface area contributed by atoms with Gasteiger partial charge in [-0.1, -0.05) is 23.7 Å². The molecule has 6 heteroatoms. The van der Waals surface area contributed by atoms with Crippen molar-refractivity contribution in [3.8, 4) is 0 Å². The fraction of sp³-hybridized carbons (Fsp3) is 0.300. The highest BCUT2D eigenvalue weighted by Gasteiger charge is 2.23. The fourth-order valence-corrected chi connectivity index (χ4v) is 3.72. The topological polar surface area (TPSA) is 49.0 Å². The number of piperidine rings is 1. The van der Waals surface area contributed by atoms with E-state index in [-0.39, 0.29) is 11.5 Å². The molecule has 1 aromatic heterocycles. The molecule has 1 N–H and O–H groups in total. The van der Waals surface area contributed by atoms with E-state index >= 15 is 0 Å². The number of aromatic nitrogens is 2. The van der Waals surface area contributed by atoms with Crippen molar-refractivity contribution in [1.29, 1.82) is 0 Å². The Bertz CT molecular complexity index is 987. The lowest BCUT2D eigenvalue weighted by Crippen LogP contribution is -2.35. The van der Waals surface area contributed by atoms with Crippen molar-refractivity contribution in [2.75, 3.05) is 13.1 Å². The monoisotopic (exact) mass is 371 g/mol. The second-order valence-electron chi connectivity index (χ2n) is 6.81. The summed E-state index contributed by atoms with van der Waals surface area (Å²) in [6.45, 7) is 2.69. The molecule has 134 valence electrons. The summed E-state index contributed by atoms with van der Waals surface area (Å²) in [5, 5.41) is 1.03. The van der Waals surface area contributed by atoms with Crippen molar-refractivity contribution in [3.05, 3.63) is 75.0 Å². The maximum Gasteiger partial charge on any atom is 0.258 e. The van der Waals surface area contributed by atoms with Gasteiger partial charge in [0.2, 0.25) is 0 Å². The highest BCUT2D eigenvalue weighted by molar-refractivity contribution is 6.30. The summed E-state index contributed by atoms with van der Waals surface area (Å²) in [4.78, 5) is 22.1. The van der Waals surface area contributed by atoms with Crippen LogP contribution in [0.15, 0.2) is 47.3 Å². The molecule has 26 heavy (non-hydrogen) atoms. The van der Waals surface area contributed by atoms with E-state index in [4.69, 9.17) is 11.6 Å². The molecule has 0 amide bonds. The molecule has 1 aliphatic heterocycles. The van der Waals surface area contributed by atoms with Crippen LogP contribution in [0.2, 0.25) is 5.02 Å². The van der Waals surface area contributed by atoms with Gasteiger partial charge in [0.15, 0.2) is 0 Å². The third-order valence-corrected chi connectivity index (χ3v) is 5.15. The molecule has 0 bridgehead atoms. The Labute approximate surface area is 155 Å². The minimum absolute atomic E-state index is 0.165. The van der Waals surface area contributed by atoms with Crippen molar-refractivity contribution in [3.63, 3.8) is 0 Å². The molecular weight excluding hydrogens is 353 g/mol. The molecule has 0 radical (unpaired) electrons. The van der Waals surface area contributed by atoms with Gasteiger partial charge in [0, 0.05) is 24.0 Å². The van der Waals surface area contributed by atoms with E-state index in [1.54, 1.807) is 6.07 Å². The number of H-pyrrole nitrogens is 1. The summed E-state index contributed by atoms with van der Waals surface area (Å²) in [6, 6.07) is 12.0. The number of likely N-dealkylation sites (tertiary alicyclic amines) is 1.